The number of rotatable bonds is 18. The van der Waals surface area contributed by atoms with Crippen LogP contribution in [0.5, 0.6) is 5.75 Å². The lowest BCUT2D eigenvalue weighted by atomic mass is 9.78. The maximum absolute atomic E-state index is 11.9. The Labute approximate surface area is 361 Å². The van der Waals surface area contributed by atoms with Crippen molar-refractivity contribution in [2.45, 2.75) is 135 Å². The first-order valence-corrected chi connectivity index (χ1v) is 21.1. The normalized spacial score (nSPS) is 11.5. The van der Waals surface area contributed by atoms with Crippen molar-refractivity contribution in [3.8, 4) is 5.75 Å². The maximum atomic E-state index is 11.9. The zero-order valence-corrected chi connectivity index (χ0v) is 39.1. The minimum absolute atomic E-state index is 0.0684. The lowest BCUT2D eigenvalue weighted by Crippen LogP contribution is -2.27. The van der Waals surface area contributed by atoms with Crippen LogP contribution in [-0.2, 0) is 45.4 Å². The second-order valence-electron chi connectivity index (χ2n) is 17.7. The van der Waals surface area contributed by atoms with Crippen LogP contribution in [0.2, 0.25) is 0 Å². The van der Waals surface area contributed by atoms with Gasteiger partial charge in [-0.2, -0.15) is 0 Å². The highest BCUT2D eigenvalue weighted by atomic mass is 16.6. The molecule has 0 unspecified atom stereocenters. The first-order chi connectivity index (χ1) is 27.9. The molecule has 0 aromatic heterocycles. The highest BCUT2D eigenvalue weighted by molar-refractivity contribution is 5.76. The smallest absolute Gasteiger partial charge is 0.311 e. The molecule has 336 valence electrons. The predicted octanol–water partition coefficient (Wildman–Crippen LogP) is 11.0. The van der Waals surface area contributed by atoms with Gasteiger partial charge in [-0.25, -0.2) is 0 Å². The number of carbonyl (C=O) groups excluding carboxylic acids is 3. The van der Waals surface area contributed by atoms with E-state index in [0.29, 0.717) is 19.6 Å². The summed E-state index contributed by atoms with van der Waals surface area (Å²) in [5, 5.41) is 16.8. The van der Waals surface area contributed by atoms with Gasteiger partial charge < -0.3 is 29.2 Å². The fourth-order valence-corrected chi connectivity index (χ4v) is 4.31. The summed E-state index contributed by atoms with van der Waals surface area (Å²) in [6, 6.07) is 28.3. The highest BCUT2D eigenvalue weighted by Crippen LogP contribution is 2.32. The molecule has 0 fully saturated rings. The number of carboxylic acids is 1. The minimum atomic E-state index is -0.722. The Balaban J connectivity index is 0.000000865. The molecule has 0 aliphatic carbocycles. The van der Waals surface area contributed by atoms with E-state index in [-0.39, 0.29) is 48.6 Å². The third-order valence-corrected chi connectivity index (χ3v) is 11.0. The summed E-state index contributed by atoms with van der Waals surface area (Å²) in [4.78, 5) is 44.9. The first-order valence-electron chi connectivity index (χ1n) is 21.1. The molecule has 0 aliphatic rings. The van der Waals surface area contributed by atoms with Gasteiger partial charge in [-0.3, -0.25) is 19.2 Å². The van der Waals surface area contributed by atoms with Crippen molar-refractivity contribution in [3.05, 3.63) is 102 Å². The third kappa shape index (κ3) is 20.0. The van der Waals surface area contributed by atoms with Crippen molar-refractivity contribution in [1.29, 1.82) is 0 Å². The molecule has 3 aromatic rings. The monoisotopic (exact) mass is 837 g/mol. The summed E-state index contributed by atoms with van der Waals surface area (Å²) in [6.45, 7) is 27.9. The summed E-state index contributed by atoms with van der Waals surface area (Å²) >= 11 is 0. The van der Waals surface area contributed by atoms with E-state index in [1.807, 2.05) is 118 Å². The summed E-state index contributed by atoms with van der Waals surface area (Å²) in [5.41, 5.74) is 1.68. The fourth-order valence-electron chi connectivity index (χ4n) is 4.31. The molecule has 0 heterocycles. The molecule has 10 heteroatoms. The number of carboxylic acid groups (broad SMARTS) is 1. The van der Waals surface area contributed by atoms with E-state index in [4.69, 9.17) is 29.2 Å². The Morgan fingerprint density at radius 1 is 0.483 bits per heavy atom. The van der Waals surface area contributed by atoms with E-state index >= 15 is 0 Å². The summed E-state index contributed by atoms with van der Waals surface area (Å²) in [5.74, 6) is -0.491. The highest BCUT2D eigenvalue weighted by Gasteiger charge is 2.29. The van der Waals surface area contributed by atoms with E-state index in [1.165, 1.54) is 11.1 Å². The van der Waals surface area contributed by atoms with E-state index in [0.717, 1.165) is 30.6 Å². The fraction of sp³-hybridized carbons (Fsp3) is 0.560. The lowest BCUT2D eigenvalue weighted by molar-refractivity contribution is -0.156. The average molecular weight is 837 g/mol. The maximum Gasteiger partial charge on any atom is 0.311 e. The summed E-state index contributed by atoms with van der Waals surface area (Å²) < 4.78 is 21.0. The molecule has 0 aliphatic heterocycles. The van der Waals surface area contributed by atoms with Gasteiger partial charge in [0.05, 0.1) is 28.3 Å². The van der Waals surface area contributed by atoms with Gasteiger partial charge in [0.25, 0.3) is 0 Å². The lowest BCUT2D eigenvalue weighted by Gasteiger charge is -2.26. The minimum Gasteiger partial charge on any atom is -0.490 e. The third-order valence-electron chi connectivity index (χ3n) is 11.0. The van der Waals surface area contributed by atoms with Crippen LogP contribution in [0.4, 0.5) is 0 Å². The number of esters is 3. The molecule has 0 bridgehead atoms. The Morgan fingerprint density at radius 2 is 0.867 bits per heavy atom. The van der Waals surface area contributed by atoms with Crippen molar-refractivity contribution in [2.24, 2.45) is 21.7 Å². The molecule has 3 aromatic carbocycles. The number of aliphatic carboxylic acids is 1. The second-order valence-corrected chi connectivity index (χ2v) is 17.7. The van der Waals surface area contributed by atoms with Crippen LogP contribution in [-0.4, -0.2) is 60.5 Å². The number of carbonyl (C=O) groups is 4. The summed E-state index contributed by atoms with van der Waals surface area (Å²) in [7, 11) is 0. The number of aliphatic hydroxyl groups excluding tert-OH is 1. The van der Waals surface area contributed by atoms with Crippen molar-refractivity contribution < 1.29 is 48.3 Å². The van der Waals surface area contributed by atoms with Gasteiger partial charge in [-0.05, 0) is 110 Å². The van der Waals surface area contributed by atoms with Crippen molar-refractivity contribution in [3.63, 3.8) is 0 Å². The SMILES string of the molecule is CCC(C)(C)C(=O)O.CCC(C)(C)C(=O)OCCO.CCC(C)(C)C(=O)OCCOc1ccc(C(C)(C)c2ccccc2)cc1.CCC(C)(C)C(=O)OCc1ccccc1. The predicted molar refractivity (Wildman–Crippen MR) is 240 cm³/mol. The van der Waals surface area contributed by atoms with Gasteiger partial charge in [0.1, 0.15) is 32.2 Å². The number of hydrogen-bond donors (Lipinski definition) is 2. The molecule has 0 radical (unpaired) electrons. The largest absolute Gasteiger partial charge is 0.490 e. The van der Waals surface area contributed by atoms with Crippen LogP contribution < -0.4 is 4.74 Å². The molecule has 3 rings (SSSR count). The van der Waals surface area contributed by atoms with Gasteiger partial charge in [0.15, 0.2) is 0 Å². The van der Waals surface area contributed by atoms with Gasteiger partial charge in [-0.1, -0.05) is 114 Å². The molecule has 0 spiro atoms. The second kappa shape index (κ2) is 26.5. The van der Waals surface area contributed by atoms with Crippen molar-refractivity contribution in [2.75, 3.05) is 26.4 Å². The van der Waals surface area contributed by atoms with Crippen molar-refractivity contribution >= 4 is 23.9 Å². The van der Waals surface area contributed by atoms with Crippen LogP contribution in [0.25, 0.3) is 0 Å². The number of hydrogen-bond acceptors (Lipinski definition) is 9. The molecule has 0 amide bonds. The molecule has 0 atom stereocenters. The topological polar surface area (TPSA) is 146 Å². The molecule has 60 heavy (non-hydrogen) atoms. The van der Waals surface area contributed by atoms with E-state index in [1.54, 1.807) is 13.8 Å². The van der Waals surface area contributed by atoms with Gasteiger partial charge >= 0.3 is 23.9 Å². The van der Waals surface area contributed by atoms with Crippen molar-refractivity contribution in [1.82, 2.24) is 0 Å². The van der Waals surface area contributed by atoms with Crippen LogP contribution in [0.3, 0.4) is 0 Å². The quantitative estimate of drug-likeness (QED) is 0.0721. The number of ether oxygens (including phenoxy) is 4. The Bertz CT molecular complexity index is 1670. The number of aliphatic hydroxyl groups is 1. The Morgan fingerprint density at radius 3 is 1.25 bits per heavy atom. The Kier molecular flexibility index (Phi) is 24.4. The van der Waals surface area contributed by atoms with Gasteiger partial charge in [0.2, 0.25) is 0 Å². The standard InChI is InChI=1S/C23H30O3.C13H18O2.C8H16O3.C6H12O2/c1-6-22(2,3)21(24)26-17-16-25-20-14-12-19(13-15-20)23(4,5)18-10-8-7-9-11-18;1-4-13(2,3)12(14)15-10-11-8-6-5-7-9-11;1-4-8(2,3)7(10)11-6-5-9;1-4-6(2,3)5(7)8/h7-15H,6,16-17H2,1-5H3;5-9H,4,10H2,1-3H3;9H,4-6H2,1-3H3;4H2,1-3H3,(H,7,8). The van der Waals surface area contributed by atoms with E-state index < -0.39 is 22.2 Å². The van der Waals surface area contributed by atoms with Crippen LogP contribution >= 0.6 is 0 Å². The van der Waals surface area contributed by atoms with Gasteiger partial charge in [-0.15, -0.1) is 0 Å². The average Bonchev–Trinajstić information content (AvgIpc) is 3.24. The first kappa shape index (κ1) is 55.3. The van der Waals surface area contributed by atoms with E-state index in [9.17, 15) is 19.2 Å². The zero-order valence-electron chi connectivity index (χ0n) is 39.1. The van der Waals surface area contributed by atoms with Crippen LogP contribution in [0.1, 0.15) is 139 Å². The molecule has 2 N–H and O–H groups in total. The van der Waals surface area contributed by atoms with E-state index in [2.05, 4.69) is 50.2 Å². The number of benzene rings is 3. The molecular formula is C50H76O10. The Hall–Kier alpha value is -4.70. The molecular weight excluding hydrogens is 761 g/mol. The molecule has 0 saturated heterocycles. The summed E-state index contributed by atoms with van der Waals surface area (Å²) in [6.07, 6.45) is 2.98. The van der Waals surface area contributed by atoms with Crippen LogP contribution in [0, 0.1) is 21.7 Å². The molecule has 10 nitrogen and oxygen atoms in total. The zero-order chi connectivity index (χ0) is 46.2. The van der Waals surface area contributed by atoms with Gasteiger partial charge in [0, 0.05) is 5.41 Å². The van der Waals surface area contributed by atoms with Crippen LogP contribution in [0.15, 0.2) is 84.9 Å². The molecule has 0 saturated carbocycles.